The standard InChI is InChI=1S/C13H19N5O2S/c1-7(2)5-14-11(19)8(3)18-10-9(17-13(18)21)12(20-4)16-6-15-10/h6-8H,5H2,1-4H3,(H,14,19)(H,17,21). The summed E-state index contributed by atoms with van der Waals surface area (Å²) in [6.07, 6.45) is 1.39. The van der Waals surface area contributed by atoms with Gasteiger partial charge in [0, 0.05) is 6.54 Å². The zero-order valence-electron chi connectivity index (χ0n) is 12.5. The van der Waals surface area contributed by atoms with Crippen molar-refractivity contribution in [1.29, 1.82) is 0 Å². The fraction of sp³-hybridized carbons (Fsp3) is 0.538. The number of carbonyl (C=O) groups excluding carboxylic acids is 1. The molecule has 0 bridgehead atoms. The van der Waals surface area contributed by atoms with Crippen LogP contribution in [0.2, 0.25) is 0 Å². The smallest absolute Gasteiger partial charge is 0.242 e. The third-order valence-corrected chi connectivity index (χ3v) is 3.41. The Morgan fingerprint density at radius 1 is 1.48 bits per heavy atom. The molecule has 0 radical (unpaired) electrons. The molecule has 2 aromatic rings. The molecule has 2 aromatic heterocycles. The second kappa shape index (κ2) is 6.21. The average molecular weight is 309 g/mol. The summed E-state index contributed by atoms with van der Waals surface area (Å²) in [6, 6.07) is -0.468. The molecule has 1 atom stereocenters. The number of aromatic nitrogens is 4. The van der Waals surface area contributed by atoms with E-state index in [2.05, 4.69) is 20.3 Å². The van der Waals surface area contributed by atoms with Crippen molar-refractivity contribution >= 4 is 29.3 Å². The SMILES string of the molecule is COc1ncnc2c1[nH]c(=S)n2C(C)C(=O)NCC(C)C. The number of nitrogens with one attached hydrogen (secondary N) is 2. The van der Waals surface area contributed by atoms with Gasteiger partial charge in [-0.1, -0.05) is 13.8 Å². The van der Waals surface area contributed by atoms with E-state index in [4.69, 9.17) is 17.0 Å². The van der Waals surface area contributed by atoms with Gasteiger partial charge in [-0.15, -0.1) is 0 Å². The van der Waals surface area contributed by atoms with Gasteiger partial charge in [-0.05, 0) is 25.1 Å². The highest BCUT2D eigenvalue weighted by Gasteiger charge is 2.21. The minimum atomic E-state index is -0.468. The Morgan fingerprint density at radius 2 is 2.19 bits per heavy atom. The van der Waals surface area contributed by atoms with E-state index in [1.165, 1.54) is 13.4 Å². The monoisotopic (exact) mass is 309 g/mol. The Morgan fingerprint density at radius 3 is 2.81 bits per heavy atom. The van der Waals surface area contributed by atoms with Crippen LogP contribution in [0.15, 0.2) is 6.33 Å². The van der Waals surface area contributed by atoms with Crippen LogP contribution < -0.4 is 10.1 Å². The second-order valence-corrected chi connectivity index (χ2v) is 5.58. The molecule has 0 saturated heterocycles. The number of amides is 1. The Bertz CT molecular complexity index is 706. The molecule has 21 heavy (non-hydrogen) atoms. The maximum absolute atomic E-state index is 12.2. The first kappa shape index (κ1) is 15.4. The number of fused-ring (bicyclic) bond motifs is 1. The van der Waals surface area contributed by atoms with Crippen molar-refractivity contribution in [2.75, 3.05) is 13.7 Å². The molecule has 1 unspecified atom stereocenters. The normalized spacial score (nSPS) is 12.6. The Kier molecular flexibility index (Phi) is 4.56. The minimum absolute atomic E-state index is 0.0988. The lowest BCUT2D eigenvalue weighted by molar-refractivity contribution is -0.123. The third kappa shape index (κ3) is 3.05. The minimum Gasteiger partial charge on any atom is -0.479 e. The van der Waals surface area contributed by atoms with E-state index in [1.807, 2.05) is 13.8 Å². The number of nitrogens with zero attached hydrogens (tertiary/aromatic N) is 3. The van der Waals surface area contributed by atoms with E-state index in [9.17, 15) is 4.79 Å². The van der Waals surface area contributed by atoms with Gasteiger partial charge < -0.3 is 15.0 Å². The van der Waals surface area contributed by atoms with Gasteiger partial charge in [0.15, 0.2) is 10.4 Å². The molecule has 0 fully saturated rings. The fourth-order valence-electron chi connectivity index (χ4n) is 2.00. The number of hydrogen-bond donors (Lipinski definition) is 2. The molecule has 2 rings (SSSR count). The van der Waals surface area contributed by atoms with Gasteiger partial charge in [-0.2, -0.15) is 4.98 Å². The lowest BCUT2D eigenvalue weighted by atomic mass is 10.2. The average Bonchev–Trinajstić information content (AvgIpc) is 2.79. The number of imidazole rings is 1. The van der Waals surface area contributed by atoms with Gasteiger partial charge >= 0.3 is 0 Å². The Hall–Kier alpha value is -1.96. The summed E-state index contributed by atoms with van der Waals surface area (Å²) in [7, 11) is 1.52. The summed E-state index contributed by atoms with van der Waals surface area (Å²) in [4.78, 5) is 23.4. The summed E-state index contributed by atoms with van der Waals surface area (Å²) in [5.74, 6) is 0.692. The number of carbonyl (C=O) groups is 1. The maximum Gasteiger partial charge on any atom is 0.242 e. The van der Waals surface area contributed by atoms with Crippen LogP contribution in [-0.2, 0) is 4.79 Å². The van der Waals surface area contributed by atoms with Gasteiger partial charge in [0.05, 0.1) is 7.11 Å². The lowest BCUT2D eigenvalue weighted by Crippen LogP contribution is -2.33. The first-order valence-electron chi connectivity index (χ1n) is 6.72. The molecule has 2 N–H and O–H groups in total. The number of hydrogen-bond acceptors (Lipinski definition) is 5. The molecule has 2 heterocycles. The number of H-pyrrole nitrogens is 1. The molecule has 8 heteroatoms. The van der Waals surface area contributed by atoms with Crippen LogP contribution in [0.25, 0.3) is 11.2 Å². The van der Waals surface area contributed by atoms with E-state index in [0.717, 1.165) is 0 Å². The largest absolute Gasteiger partial charge is 0.479 e. The third-order valence-electron chi connectivity index (χ3n) is 3.12. The lowest BCUT2D eigenvalue weighted by Gasteiger charge is -2.15. The van der Waals surface area contributed by atoms with Crippen molar-refractivity contribution in [3.63, 3.8) is 0 Å². The van der Waals surface area contributed by atoms with Crippen LogP contribution in [-0.4, -0.2) is 39.1 Å². The van der Waals surface area contributed by atoms with Gasteiger partial charge in [0.2, 0.25) is 11.8 Å². The molecule has 0 spiro atoms. The van der Waals surface area contributed by atoms with Gasteiger partial charge in [0.25, 0.3) is 0 Å². The molecule has 0 aliphatic rings. The summed E-state index contributed by atoms with van der Waals surface area (Å²) in [5, 5.41) is 2.90. The van der Waals surface area contributed by atoms with E-state index in [1.54, 1.807) is 11.5 Å². The Balaban J connectivity index is 2.40. The highest BCUT2D eigenvalue weighted by atomic mass is 32.1. The second-order valence-electron chi connectivity index (χ2n) is 5.20. The van der Waals surface area contributed by atoms with Crippen LogP contribution in [0.1, 0.15) is 26.8 Å². The number of rotatable bonds is 5. The summed E-state index contributed by atoms with van der Waals surface area (Å²) >= 11 is 5.30. The highest BCUT2D eigenvalue weighted by molar-refractivity contribution is 7.71. The van der Waals surface area contributed by atoms with Crippen molar-refractivity contribution in [1.82, 2.24) is 24.8 Å². The van der Waals surface area contributed by atoms with E-state index in [-0.39, 0.29) is 5.91 Å². The quantitative estimate of drug-likeness (QED) is 0.823. The Labute approximate surface area is 127 Å². The van der Waals surface area contributed by atoms with Gasteiger partial charge in [-0.25, -0.2) is 4.98 Å². The number of aromatic amines is 1. The highest BCUT2D eigenvalue weighted by Crippen LogP contribution is 2.23. The van der Waals surface area contributed by atoms with Gasteiger partial charge in [-0.3, -0.25) is 9.36 Å². The van der Waals surface area contributed by atoms with Crippen LogP contribution in [0.3, 0.4) is 0 Å². The summed E-state index contributed by atoms with van der Waals surface area (Å²) < 4.78 is 7.26. The predicted octanol–water partition coefficient (Wildman–Crippen LogP) is 1.83. The molecular weight excluding hydrogens is 290 g/mol. The molecule has 0 aromatic carbocycles. The summed E-state index contributed by atoms with van der Waals surface area (Å²) in [6.45, 7) is 6.49. The van der Waals surface area contributed by atoms with Gasteiger partial charge in [0.1, 0.15) is 17.9 Å². The van der Waals surface area contributed by atoms with Crippen molar-refractivity contribution < 1.29 is 9.53 Å². The first-order chi connectivity index (χ1) is 9.95. The fourth-order valence-corrected chi connectivity index (χ4v) is 2.35. The zero-order valence-corrected chi connectivity index (χ0v) is 13.3. The van der Waals surface area contributed by atoms with E-state index >= 15 is 0 Å². The number of ether oxygens (including phenoxy) is 1. The predicted molar refractivity (Wildman–Crippen MR) is 81.8 cm³/mol. The molecule has 114 valence electrons. The van der Waals surface area contributed by atoms with Crippen molar-refractivity contribution in [2.45, 2.75) is 26.8 Å². The molecule has 0 aliphatic carbocycles. The first-order valence-corrected chi connectivity index (χ1v) is 7.13. The van der Waals surface area contributed by atoms with E-state index in [0.29, 0.717) is 34.3 Å². The molecule has 0 saturated carbocycles. The van der Waals surface area contributed by atoms with Crippen LogP contribution in [0, 0.1) is 10.7 Å². The van der Waals surface area contributed by atoms with Crippen LogP contribution in [0.4, 0.5) is 0 Å². The maximum atomic E-state index is 12.2. The summed E-state index contributed by atoms with van der Waals surface area (Å²) in [5.41, 5.74) is 1.15. The topological polar surface area (TPSA) is 84.8 Å². The molecule has 1 amide bonds. The van der Waals surface area contributed by atoms with Crippen molar-refractivity contribution in [2.24, 2.45) is 5.92 Å². The zero-order chi connectivity index (χ0) is 15.6. The van der Waals surface area contributed by atoms with Crippen LogP contribution in [0.5, 0.6) is 5.88 Å². The van der Waals surface area contributed by atoms with Crippen molar-refractivity contribution in [3.05, 3.63) is 11.1 Å². The molecule has 0 aliphatic heterocycles. The van der Waals surface area contributed by atoms with E-state index < -0.39 is 6.04 Å². The molecular formula is C13H19N5O2S. The van der Waals surface area contributed by atoms with Crippen molar-refractivity contribution in [3.8, 4) is 5.88 Å². The molecule has 7 nitrogen and oxygen atoms in total. The number of methoxy groups -OCH3 is 1. The van der Waals surface area contributed by atoms with Crippen LogP contribution >= 0.6 is 12.2 Å².